The molecule has 11 nitrogen and oxygen atoms in total. The van der Waals surface area contributed by atoms with E-state index in [1.54, 1.807) is 18.3 Å². The van der Waals surface area contributed by atoms with E-state index in [9.17, 15) is 22.4 Å². The molecule has 15 heteroatoms. The van der Waals surface area contributed by atoms with E-state index in [-0.39, 0.29) is 31.0 Å². The number of piperazine rings is 1. The molecule has 2 aromatic heterocycles. The number of aromatic amines is 1. The summed E-state index contributed by atoms with van der Waals surface area (Å²) in [6, 6.07) is 18.9. The number of carbonyl (C=O) groups is 2. The molecule has 270 valence electrons. The van der Waals surface area contributed by atoms with Gasteiger partial charge in [-0.2, -0.15) is 4.41 Å². The predicted octanol–water partition coefficient (Wildman–Crippen LogP) is 5.28. The number of rotatable bonds is 10. The molecule has 7 rings (SSSR count). The molecule has 0 radical (unpaired) electrons. The maximum atomic E-state index is 15.9. The van der Waals surface area contributed by atoms with Crippen LogP contribution in [-0.2, 0) is 22.2 Å². The molecular weight excluding hydrogens is 698 g/mol. The average Bonchev–Trinajstić information content (AvgIpc) is 3.75. The summed E-state index contributed by atoms with van der Waals surface area (Å²) in [5, 5.41) is 1.45. The number of alkyl halides is 1. The zero-order valence-electron chi connectivity index (χ0n) is 28.1. The van der Waals surface area contributed by atoms with Crippen LogP contribution in [0.3, 0.4) is 0 Å². The van der Waals surface area contributed by atoms with Crippen molar-refractivity contribution in [2.45, 2.75) is 26.1 Å². The van der Waals surface area contributed by atoms with Crippen LogP contribution in [0.2, 0.25) is 0 Å². The van der Waals surface area contributed by atoms with Crippen molar-refractivity contribution >= 4 is 45.1 Å². The van der Waals surface area contributed by atoms with Gasteiger partial charge in [-0.05, 0) is 60.0 Å². The van der Waals surface area contributed by atoms with Crippen LogP contribution in [-0.4, -0.2) is 85.5 Å². The summed E-state index contributed by atoms with van der Waals surface area (Å²) < 4.78 is 75.0. The molecule has 2 aliphatic rings. The number of nitrogens with one attached hydrogen (secondary N) is 1. The maximum Gasteiger partial charge on any atom is 0.308 e. The van der Waals surface area contributed by atoms with Gasteiger partial charge in [0, 0.05) is 80.8 Å². The van der Waals surface area contributed by atoms with Gasteiger partial charge in [0.2, 0.25) is 16.7 Å². The van der Waals surface area contributed by atoms with Crippen molar-refractivity contribution in [1.82, 2.24) is 19.9 Å². The van der Waals surface area contributed by atoms with Crippen LogP contribution in [0.5, 0.6) is 5.75 Å². The molecule has 3 aromatic carbocycles. The first-order valence-corrected chi connectivity index (χ1v) is 17.9. The number of hydrogen-bond acceptors (Lipinski definition) is 9. The van der Waals surface area contributed by atoms with Crippen LogP contribution in [0.25, 0.3) is 22.2 Å². The van der Waals surface area contributed by atoms with Crippen LogP contribution in [0.1, 0.15) is 34.8 Å². The third-order valence-corrected chi connectivity index (χ3v) is 10.1. The second kappa shape index (κ2) is 14.8. The predicted molar refractivity (Wildman–Crippen MR) is 190 cm³/mol. The van der Waals surface area contributed by atoms with Crippen molar-refractivity contribution in [3.8, 4) is 16.9 Å². The summed E-state index contributed by atoms with van der Waals surface area (Å²) in [5.41, 5.74) is 2.38. The lowest BCUT2D eigenvalue weighted by molar-refractivity contribution is -0.131. The van der Waals surface area contributed by atoms with Crippen LogP contribution >= 0.6 is 0 Å². The molecule has 0 bridgehead atoms. The van der Waals surface area contributed by atoms with E-state index in [4.69, 9.17) is 4.74 Å². The van der Waals surface area contributed by atoms with E-state index in [0.717, 1.165) is 66.7 Å². The van der Waals surface area contributed by atoms with Gasteiger partial charge < -0.3 is 14.6 Å². The number of fused-ring (bicyclic) bond motifs is 1. The summed E-state index contributed by atoms with van der Waals surface area (Å²) in [6.45, 7) is 5.17. The first-order valence-electron chi connectivity index (χ1n) is 16.7. The van der Waals surface area contributed by atoms with Crippen molar-refractivity contribution in [3.05, 3.63) is 107 Å². The fourth-order valence-electron chi connectivity index (χ4n) is 6.76. The molecular formula is C37H35F3N6O5S. The first kappa shape index (κ1) is 35.2. The number of ether oxygens (including phenoxy) is 1. The Hall–Kier alpha value is -5.25. The van der Waals surface area contributed by atoms with Crippen molar-refractivity contribution in [1.29, 1.82) is 0 Å². The van der Waals surface area contributed by atoms with Crippen molar-refractivity contribution in [2.75, 3.05) is 48.6 Å². The van der Waals surface area contributed by atoms with E-state index < -0.39 is 45.7 Å². The van der Waals surface area contributed by atoms with Gasteiger partial charge in [-0.1, -0.05) is 24.3 Å². The number of hydrogen-bond donors (Lipinski definition) is 2. The third-order valence-electron chi connectivity index (χ3n) is 9.33. The summed E-state index contributed by atoms with van der Waals surface area (Å²) >= 11 is 0. The van der Waals surface area contributed by atoms with Gasteiger partial charge in [0.1, 0.15) is 29.1 Å². The van der Waals surface area contributed by atoms with Gasteiger partial charge in [0.05, 0.1) is 12.1 Å². The molecule has 52 heavy (non-hydrogen) atoms. The molecule has 1 N–H and O–H groups in total. The van der Waals surface area contributed by atoms with Gasteiger partial charge >= 0.3 is 5.97 Å². The van der Waals surface area contributed by atoms with E-state index in [1.807, 2.05) is 42.5 Å². The Bertz CT molecular complexity index is 2210. The number of anilines is 2. The minimum atomic E-state index is -3.47. The topological polar surface area (TPSA) is 119 Å². The fraction of sp³-hybridized carbons (Fsp3) is 0.270. The van der Waals surface area contributed by atoms with Crippen molar-refractivity contribution in [3.63, 3.8) is 0 Å². The largest absolute Gasteiger partial charge is 0.427 e. The van der Waals surface area contributed by atoms with E-state index in [1.165, 1.54) is 13.1 Å². The molecule has 0 aliphatic carbocycles. The Morgan fingerprint density at radius 2 is 1.75 bits per heavy atom. The second-order valence-corrected chi connectivity index (χ2v) is 13.6. The molecule has 5 aromatic rings. The number of pyridine rings is 1. The highest BCUT2D eigenvalue weighted by Gasteiger charge is 2.33. The maximum absolute atomic E-state index is 15.9. The minimum absolute atomic E-state index is 0.00968. The Kier molecular flexibility index (Phi) is 9.99. The van der Waals surface area contributed by atoms with Crippen LogP contribution in [0.4, 0.5) is 24.5 Å². The quantitative estimate of drug-likeness (QED) is 0.0857. The normalized spacial score (nSPS) is 16.9. The number of benzene rings is 3. The molecule has 0 unspecified atom stereocenters. The van der Waals surface area contributed by atoms with Gasteiger partial charge in [-0.25, -0.2) is 31.6 Å². The lowest BCUT2D eigenvalue weighted by Crippen LogP contribution is -2.45. The van der Waals surface area contributed by atoms with Gasteiger partial charge in [0.25, 0.3) is 0 Å². The van der Waals surface area contributed by atoms with E-state index in [2.05, 4.69) is 19.8 Å². The average molecular weight is 733 g/mol. The number of halogens is 3. The summed E-state index contributed by atoms with van der Waals surface area (Å²) in [5.74, 6) is -3.35. The first-order chi connectivity index (χ1) is 25.0. The molecule has 2 saturated heterocycles. The summed E-state index contributed by atoms with van der Waals surface area (Å²) in [6.07, 6.45) is 1.69. The highest BCUT2D eigenvalue weighted by Crippen LogP contribution is 2.33. The minimum Gasteiger partial charge on any atom is -0.427 e. The zero-order chi connectivity index (χ0) is 36.5. The monoisotopic (exact) mass is 732 g/mol. The van der Waals surface area contributed by atoms with Crippen LogP contribution < -0.4 is 14.1 Å². The molecule has 2 fully saturated rings. The number of aromatic nitrogens is 2. The highest BCUT2D eigenvalue weighted by atomic mass is 32.2. The molecule has 1 atom stereocenters. The van der Waals surface area contributed by atoms with Crippen LogP contribution in [0.15, 0.2) is 79.1 Å². The zero-order valence-corrected chi connectivity index (χ0v) is 29.0. The number of thiol groups is 1. The summed E-state index contributed by atoms with van der Waals surface area (Å²) in [7, 11) is -3.47. The standard InChI is InChI=1S/C37H35F3N6O5S/c1-23(47)51-29-4-2-3-24(17-29)21-43-13-15-44(16-14-43)28-7-5-25(6-8-28)26-18-30-31(20-42-37(30)41-19-26)36(48)34-32(39)9-10-33(35(34)40)46(52(49)50)45-12-11-27(38)22-45/h2-10,17-20,27,52H,11-16,21-22H2,1H3,(H,41,42)/t27-/m1/s1. The van der Waals surface area contributed by atoms with Gasteiger partial charge in [0.15, 0.2) is 5.82 Å². The molecule has 0 amide bonds. The highest BCUT2D eigenvalue weighted by molar-refractivity contribution is 7.73. The number of esters is 1. The number of H-pyrrole nitrogens is 1. The third kappa shape index (κ3) is 7.24. The van der Waals surface area contributed by atoms with E-state index >= 15 is 8.78 Å². The Morgan fingerprint density at radius 3 is 2.44 bits per heavy atom. The van der Waals surface area contributed by atoms with Gasteiger partial charge in [-0.3, -0.25) is 14.5 Å². The number of ketones is 1. The lowest BCUT2D eigenvalue weighted by Gasteiger charge is -2.36. The van der Waals surface area contributed by atoms with Crippen molar-refractivity contribution in [2.24, 2.45) is 0 Å². The molecule has 0 saturated carbocycles. The second-order valence-electron chi connectivity index (χ2n) is 12.8. The Morgan fingerprint density at radius 1 is 0.981 bits per heavy atom. The lowest BCUT2D eigenvalue weighted by atomic mass is 9.99. The van der Waals surface area contributed by atoms with E-state index in [0.29, 0.717) is 26.8 Å². The Labute approximate surface area is 299 Å². The Balaban J connectivity index is 1.07. The molecule has 4 heterocycles. The SMILES string of the molecule is CC(=O)Oc1cccc(CN2CCN(c3ccc(-c4cnc5[nH]cc(C(=O)c6c(F)ccc(N(N7CC[C@@H](F)C7)[SH](=O)=O)c6F)c5c4)cc3)CC2)c1. The number of hydrazine groups is 1. The van der Waals surface area contributed by atoms with Crippen LogP contribution in [0, 0.1) is 11.6 Å². The van der Waals surface area contributed by atoms with Crippen molar-refractivity contribution < 1.29 is 35.9 Å². The fourth-order valence-corrected chi connectivity index (χ4v) is 7.46. The molecule has 0 spiro atoms. The summed E-state index contributed by atoms with van der Waals surface area (Å²) in [4.78, 5) is 37.0. The number of nitrogens with zero attached hydrogens (tertiary/aromatic N) is 5. The smallest absolute Gasteiger partial charge is 0.308 e. The van der Waals surface area contributed by atoms with Gasteiger partial charge in [-0.15, -0.1) is 0 Å². The number of carbonyl (C=O) groups excluding carboxylic acids is 2. The molecule has 2 aliphatic heterocycles.